The van der Waals surface area contributed by atoms with Crippen LogP contribution in [0.4, 0.5) is 0 Å². The summed E-state index contributed by atoms with van der Waals surface area (Å²) in [5, 5.41) is 11.0. The second-order valence-electron chi connectivity index (χ2n) is 15.5. The Labute approximate surface area is 341 Å². The lowest BCUT2D eigenvalue weighted by Crippen LogP contribution is -1.95. The van der Waals surface area contributed by atoms with Crippen LogP contribution in [0.2, 0.25) is 0 Å². The van der Waals surface area contributed by atoms with Gasteiger partial charge in [-0.2, -0.15) is 0 Å². The van der Waals surface area contributed by atoms with Crippen molar-refractivity contribution >= 4 is 65.0 Å². The van der Waals surface area contributed by atoms with E-state index in [-0.39, 0.29) is 0 Å². The fraction of sp³-hybridized carbons (Fsp3) is 0. The number of rotatable bonds is 5. The van der Waals surface area contributed by atoms with Crippen LogP contribution >= 0.6 is 0 Å². The van der Waals surface area contributed by atoms with Crippen LogP contribution in [0, 0.1) is 0 Å². The Morgan fingerprint density at radius 2 is 0.881 bits per heavy atom. The van der Waals surface area contributed by atoms with Crippen molar-refractivity contribution in [1.29, 1.82) is 0 Å². The molecular weight excluding hydrogens is 713 g/mol. The number of pyridine rings is 1. The molecule has 0 N–H and O–H groups in total. The zero-order valence-electron chi connectivity index (χ0n) is 32.2. The van der Waals surface area contributed by atoms with Gasteiger partial charge in [0, 0.05) is 32.8 Å². The molecule has 0 fully saturated rings. The maximum atomic E-state index is 5.45. The third kappa shape index (κ3) is 5.53. The van der Waals surface area contributed by atoms with Gasteiger partial charge in [-0.1, -0.05) is 164 Å². The van der Waals surface area contributed by atoms with Gasteiger partial charge in [-0.15, -0.1) is 0 Å². The first-order valence-electron chi connectivity index (χ1n) is 20.3. The van der Waals surface area contributed by atoms with E-state index in [1.165, 1.54) is 87.5 Å². The average Bonchev–Trinajstić information content (AvgIpc) is 3.63. The lowest BCUT2D eigenvalue weighted by Gasteiger charge is -2.15. The Balaban J connectivity index is 0.990. The van der Waals surface area contributed by atoms with Crippen LogP contribution in [0.25, 0.3) is 115 Å². The number of nitrogens with zero attached hydrogens (tertiary/aromatic N) is 2. The first-order valence-corrected chi connectivity index (χ1v) is 20.3. The Morgan fingerprint density at radius 3 is 1.63 bits per heavy atom. The van der Waals surface area contributed by atoms with Gasteiger partial charge in [-0.3, -0.25) is 0 Å². The van der Waals surface area contributed by atoms with Gasteiger partial charge >= 0.3 is 0 Å². The summed E-state index contributed by atoms with van der Waals surface area (Å²) >= 11 is 0. The molecule has 59 heavy (non-hydrogen) atoms. The minimum absolute atomic E-state index is 0.988. The van der Waals surface area contributed by atoms with Crippen LogP contribution in [-0.2, 0) is 0 Å². The standard InChI is InChI=1S/C57H36N2/c1-3-13-40(14-4-1)57-52-36-55-50(49-18-9-10-21-54(49)59(55)47-16-5-2-6-17-47)35-51(52)56-48(19-11-20-53(56)58-57)39-25-22-38(23-26-39)42-28-29-45-34-46(31-30-44(45)33-42)43-27-24-37-12-7-8-15-41(37)32-43/h1-36H. The number of hydrogen-bond acceptors (Lipinski definition) is 1. The van der Waals surface area contributed by atoms with Crippen molar-refractivity contribution in [2.45, 2.75) is 0 Å². The molecule has 0 aliphatic carbocycles. The maximum Gasteiger partial charge on any atom is 0.0788 e. The highest BCUT2D eigenvalue weighted by Crippen LogP contribution is 2.43. The number of hydrogen-bond donors (Lipinski definition) is 0. The molecule has 0 atom stereocenters. The van der Waals surface area contributed by atoms with Crippen molar-refractivity contribution in [2.24, 2.45) is 0 Å². The Kier molecular flexibility index (Phi) is 7.57. The number of para-hydroxylation sites is 2. The molecular formula is C57H36N2. The molecule has 0 unspecified atom stereocenters. The Morgan fingerprint density at radius 1 is 0.305 bits per heavy atom. The molecule has 274 valence electrons. The molecule has 0 saturated heterocycles. The predicted octanol–water partition coefficient (Wildman–Crippen LogP) is 15.5. The third-order valence-electron chi connectivity index (χ3n) is 12.1. The molecule has 10 aromatic carbocycles. The molecule has 12 aromatic rings. The van der Waals surface area contributed by atoms with Gasteiger partial charge in [0.25, 0.3) is 0 Å². The first-order chi connectivity index (χ1) is 29.2. The molecule has 0 bridgehead atoms. The van der Waals surface area contributed by atoms with Gasteiger partial charge in [0.05, 0.1) is 22.2 Å². The van der Waals surface area contributed by atoms with Gasteiger partial charge in [-0.05, 0) is 115 Å². The lowest BCUT2D eigenvalue weighted by atomic mass is 9.92. The monoisotopic (exact) mass is 748 g/mol. The molecule has 2 nitrogen and oxygen atoms in total. The van der Waals surface area contributed by atoms with E-state index in [2.05, 4.69) is 223 Å². The van der Waals surface area contributed by atoms with Gasteiger partial charge < -0.3 is 4.57 Å². The first kappa shape index (κ1) is 33.3. The summed E-state index contributed by atoms with van der Waals surface area (Å²) in [6, 6.07) is 79.4. The van der Waals surface area contributed by atoms with Crippen molar-refractivity contribution in [3.63, 3.8) is 0 Å². The van der Waals surface area contributed by atoms with E-state index in [4.69, 9.17) is 4.98 Å². The summed E-state index contributed by atoms with van der Waals surface area (Å²) < 4.78 is 2.39. The van der Waals surface area contributed by atoms with Crippen LogP contribution in [0.3, 0.4) is 0 Å². The molecule has 0 spiro atoms. The topological polar surface area (TPSA) is 17.8 Å². The van der Waals surface area contributed by atoms with E-state index < -0.39 is 0 Å². The minimum Gasteiger partial charge on any atom is -0.309 e. The summed E-state index contributed by atoms with van der Waals surface area (Å²) in [6.45, 7) is 0. The van der Waals surface area contributed by atoms with Gasteiger partial charge in [-0.25, -0.2) is 4.98 Å². The summed E-state index contributed by atoms with van der Waals surface area (Å²) in [5.41, 5.74) is 13.8. The molecule has 0 aliphatic rings. The SMILES string of the molecule is c1ccc(-c2nc3cccc(-c4ccc(-c5ccc6cc(-c7ccc8ccccc8c7)ccc6c5)cc4)c3c3cc4c5ccccc5n(-c5ccccc5)c4cc23)cc1. The van der Waals surface area contributed by atoms with Gasteiger partial charge in [0.15, 0.2) is 0 Å². The van der Waals surface area contributed by atoms with Crippen molar-refractivity contribution in [1.82, 2.24) is 9.55 Å². The van der Waals surface area contributed by atoms with Gasteiger partial charge in [0.2, 0.25) is 0 Å². The molecule has 0 radical (unpaired) electrons. The zero-order valence-corrected chi connectivity index (χ0v) is 32.2. The van der Waals surface area contributed by atoms with Crippen molar-refractivity contribution in [3.05, 3.63) is 218 Å². The molecule has 2 aromatic heterocycles. The van der Waals surface area contributed by atoms with Crippen molar-refractivity contribution < 1.29 is 0 Å². The van der Waals surface area contributed by atoms with E-state index in [0.29, 0.717) is 0 Å². The van der Waals surface area contributed by atoms with Crippen LogP contribution in [0.5, 0.6) is 0 Å². The fourth-order valence-electron chi connectivity index (χ4n) is 9.24. The summed E-state index contributed by atoms with van der Waals surface area (Å²) in [6.07, 6.45) is 0. The second kappa shape index (κ2) is 13.4. The highest BCUT2D eigenvalue weighted by molar-refractivity contribution is 6.22. The molecule has 0 saturated carbocycles. The van der Waals surface area contributed by atoms with Crippen LogP contribution < -0.4 is 0 Å². The normalized spacial score (nSPS) is 11.7. The Hall–Kier alpha value is -7.81. The molecule has 12 rings (SSSR count). The molecule has 0 aliphatic heterocycles. The van der Waals surface area contributed by atoms with E-state index in [1.54, 1.807) is 0 Å². The zero-order chi connectivity index (χ0) is 38.9. The van der Waals surface area contributed by atoms with Crippen LogP contribution in [0.15, 0.2) is 218 Å². The lowest BCUT2D eigenvalue weighted by molar-refractivity contribution is 1.18. The largest absolute Gasteiger partial charge is 0.309 e. The highest BCUT2D eigenvalue weighted by atomic mass is 15.0. The number of aromatic nitrogens is 2. The fourth-order valence-corrected chi connectivity index (χ4v) is 9.24. The van der Waals surface area contributed by atoms with Crippen molar-refractivity contribution in [3.8, 4) is 50.3 Å². The van der Waals surface area contributed by atoms with Gasteiger partial charge in [0.1, 0.15) is 0 Å². The highest BCUT2D eigenvalue weighted by Gasteiger charge is 2.19. The molecule has 2 heteroatoms. The van der Waals surface area contributed by atoms with E-state index in [0.717, 1.165) is 27.8 Å². The smallest absolute Gasteiger partial charge is 0.0788 e. The minimum atomic E-state index is 0.988. The van der Waals surface area contributed by atoms with Crippen LogP contribution in [-0.4, -0.2) is 9.55 Å². The summed E-state index contributed by atoms with van der Waals surface area (Å²) in [4.78, 5) is 5.45. The van der Waals surface area contributed by atoms with E-state index in [1.807, 2.05) is 0 Å². The Bertz CT molecular complexity index is 3580. The summed E-state index contributed by atoms with van der Waals surface area (Å²) in [5.74, 6) is 0. The van der Waals surface area contributed by atoms with Crippen molar-refractivity contribution in [2.75, 3.05) is 0 Å². The number of fused-ring (bicyclic) bond motifs is 8. The molecule has 2 heterocycles. The number of benzene rings is 10. The maximum absolute atomic E-state index is 5.45. The average molecular weight is 749 g/mol. The van der Waals surface area contributed by atoms with Crippen LogP contribution in [0.1, 0.15) is 0 Å². The quantitative estimate of drug-likeness (QED) is 0.160. The summed E-state index contributed by atoms with van der Waals surface area (Å²) in [7, 11) is 0. The third-order valence-corrected chi connectivity index (χ3v) is 12.1. The molecule has 0 amide bonds. The van der Waals surface area contributed by atoms with E-state index in [9.17, 15) is 0 Å². The van der Waals surface area contributed by atoms with E-state index >= 15 is 0 Å². The second-order valence-corrected chi connectivity index (χ2v) is 15.5. The predicted molar refractivity (Wildman–Crippen MR) is 250 cm³/mol.